The third-order valence-electron chi connectivity index (χ3n) is 2.01. The summed E-state index contributed by atoms with van der Waals surface area (Å²) < 4.78 is 4.39. The Labute approximate surface area is 66.7 Å². The maximum atomic E-state index is 10.9. The Balaban J connectivity index is 0.000001000. The van der Waals surface area contributed by atoms with Gasteiger partial charge in [-0.05, 0) is 13.3 Å². The SMILES string of the molecule is C.CCC1(C)CC(=O)OC1=O. The fourth-order valence-corrected chi connectivity index (χ4v) is 0.923. The molecule has 3 heteroatoms. The van der Waals surface area contributed by atoms with E-state index in [0.29, 0.717) is 6.42 Å². The monoisotopic (exact) mass is 158 g/mol. The first-order chi connectivity index (χ1) is 4.58. The van der Waals surface area contributed by atoms with Crippen molar-refractivity contribution in [2.75, 3.05) is 0 Å². The van der Waals surface area contributed by atoms with E-state index in [0.717, 1.165) is 0 Å². The lowest BCUT2D eigenvalue weighted by atomic mass is 9.86. The Bertz CT molecular complexity index is 186. The quantitative estimate of drug-likeness (QED) is 0.429. The van der Waals surface area contributed by atoms with Crippen LogP contribution in [0, 0.1) is 5.41 Å². The molecule has 1 fully saturated rings. The van der Waals surface area contributed by atoms with Crippen LogP contribution < -0.4 is 0 Å². The topological polar surface area (TPSA) is 43.4 Å². The van der Waals surface area contributed by atoms with E-state index >= 15 is 0 Å². The maximum Gasteiger partial charge on any atom is 0.320 e. The fourth-order valence-electron chi connectivity index (χ4n) is 0.923. The zero-order valence-electron chi connectivity index (χ0n) is 6.14. The smallest absolute Gasteiger partial charge is 0.320 e. The van der Waals surface area contributed by atoms with Crippen molar-refractivity contribution in [3.8, 4) is 0 Å². The summed E-state index contributed by atoms with van der Waals surface area (Å²) >= 11 is 0. The van der Waals surface area contributed by atoms with E-state index in [1.807, 2.05) is 6.92 Å². The van der Waals surface area contributed by atoms with Crippen molar-refractivity contribution in [1.82, 2.24) is 0 Å². The summed E-state index contributed by atoms with van der Waals surface area (Å²) in [4.78, 5) is 21.5. The second-order valence-electron chi connectivity index (χ2n) is 2.85. The second kappa shape index (κ2) is 3.03. The van der Waals surface area contributed by atoms with Crippen molar-refractivity contribution in [2.24, 2.45) is 5.41 Å². The van der Waals surface area contributed by atoms with Crippen molar-refractivity contribution >= 4 is 11.9 Å². The summed E-state index contributed by atoms with van der Waals surface area (Å²) in [6.07, 6.45) is 0.903. The fraction of sp³-hybridized carbons (Fsp3) is 0.750. The predicted molar refractivity (Wildman–Crippen MR) is 40.8 cm³/mol. The molecule has 64 valence electrons. The molecule has 0 aliphatic carbocycles. The van der Waals surface area contributed by atoms with Gasteiger partial charge in [-0.15, -0.1) is 0 Å². The highest BCUT2D eigenvalue weighted by atomic mass is 16.6. The molecular weight excluding hydrogens is 144 g/mol. The summed E-state index contributed by atoms with van der Waals surface area (Å²) in [5.41, 5.74) is -0.545. The van der Waals surface area contributed by atoms with Crippen LogP contribution >= 0.6 is 0 Å². The first kappa shape index (κ1) is 10.1. The summed E-state index contributed by atoms with van der Waals surface area (Å²) in [6, 6.07) is 0. The van der Waals surface area contributed by atoms with Gasteiger partial charge in [-0.1, -0.05) is 14.4 Å². The number of carbonyl (C=O) groups is 2. The largest absolute Gasteiger partial charge is 0.393 e. The molecule has 0 aromatic heterocycles. The van der Waals surface area contributed by atoms with Gasteiger partial charge < -0.3 is 4.74 Å². The summed E-state index contributed by atoms with van der Waals surface area (Å²) in [6.45, 7) is 3.63. The van der Waals surface area contributed by atoms with Crippen molar-refractivity contribution in [3.63, 3.8) is 0 Å². The van der Waals surface area contributed by atoms with Gasteiger partial charge in [0.1, 0.15) is 0 Å². The Morgan fingerprint density at radius 2 is 2.09 bits per heavy atom. The molecule has 0 spiro atoms. The van der Waals surface area contributed by atoms with E-state index in [9.17, 15) is 9.59 Å². The van der Waals surface area contributed by atoms with Crippen LogP contribution in [-0.4, -0.2) is 11.9 Å². The van der Waals surface area contributed by atoms with Crippen molar-refractivity contribution in [3.05, 3.63) is 0 Å². The Morgan fingerprint density at radius 3 is 2.27 bits per heavy atom. The number of carbonyl (C=O) groups excluding carboxylic acids is 2. The second-order valence-corrected chi connectivity index (χ2v) is 2.85. The number of ether oxygens (including phenoxy) is 1. The van der Waals surface area contributed by atoms with Gasteiger partial charge in [0.25, 0.3) is 0 Å². The zero-order valence-corrected chi connectivity index (χ0v) is 6.14. The predicted octanol–water partition coefficient (Wildman–Crippen LogP) is 1.51. The zero-order chi connectivity index (χ0) is 7.78. The molecule has 3 nitrogen and oxygen atoms in total. The third kappa shape index (κ3) is 1.59. The minimum Gasteiger partial charge on any atom is -0.393 e. The molecule has 0 amide bonds. The van der Waals surface area contributed by atoms with Gasteiger partial charge in [-0.2, -0.15) is 0 Å². The van der Waals surface area contributed by atoms with Gasteiger partial charge in [0.15, 0.2) is 0 Å². The van der Waals surface area contributed by atoms with E-state index in [1.165, 1.54) is 0 Å². The molecule has 1 rings (SSSR count). The molecule has 1 heterocycles. The van der Waals surface area contributed by atoms with Crippen LogP contribution in [0.3, 0.4) is 0 Å². The lowest BCUT2D eigenvalue weighted by Gasteiger charge is -2.12. The number of rotatable bonds is 1. The minimum atomic E-state index is -0.545. The lowest BCUT2D eigenvalue weighted by molar-refractivity contribution is -0.154. The molecule has 11 heavy (non-hydrogen) atoms. The maximum absolute atomic E-state index is 10.9. The van der Waals surface area contributed by atoms with Gasteiger partial charge in [-0.25, -0.2) is 0 Å². The molecular formula is C8H14O3. The van der Waals surface area contributed by atoms with Crippen molar-refractivity contribution in [2.45, 2.75) is 34.1 Å². The van der Waals surface area contributed by atoms with Gasteiger partial charge in [0, 0.05) is 0 Å². The lowest BCUT2D eigenvalue weighted by Crippen LogP contribution is -2.20. The average Bonchev–Trinajstić information content (AvgIpc) is 2.09. The summed E-state index contributed by atoms with van der Waals surface area (Å²) in [7, 11) is 0. The van der Waals surface area contributed by atoms with Gasteiger partial charge >= 0.3 is 11.9 Å². The first-order valence-electron chi connectivity index (χ1n) is 3.33. The number of cyclic esters (lactones) is 2. The van der Waals surface area contributed by atoms with Gasteiger partial charge in [0.05, 0.1) is 11.8 Å². The van der Waals surface area contributed by atoms with Crippen LogP contribution in [0.4, 0.5) is 0 Å². The Kier molecular flexibility index (Phi) is 2.79. The van der Waals surface area contributed by atoms with Crippen molar-refractivity contribution in [1.29, 1.82) is 0 Å². The highest BCUT2D eigenvalue weighted by Crippen LogP contribution is 2.33. The van der Waals surface area contributed by atoms with E-state index in [-0.39, 0.29) is 19.8 Å². The first-order valence-corrected chi connectivity index (χ1v) is 3.33. The summed E-state index contributed by atoms with van der Waals surface area (Å²) in [5.74, 6) is -0.769. The number of esters is 2. The van der Waals surface area contributed by atoms with E-state index < -0.39 is 11.4 Å². The molecule has 0 saturated carbocycles. The molecule has 1 aliphatic rings. The van der Waals surface area contributed by atoms with Crippen molar-refractivity contribution < 1.29 is 14.3 Å². The van der Waals surface area contributed by atoms with Crippen LogP contribution in [0.1, 0.15) is 34.1 Å². The molecule has 0 aromatic rings. The van der Waals surface area contributed by atoms with E-state index in [2.05, 4.69) is 4.74 Å². The van der Waals surface area contributed by atoms with Crippen LogP contribution in [0.15, 0.2) is 0 Å². The third-order valence-corrected chi connectivity index (χ3v) is 2.01. The highest BCUT2D eigenvalue weighted by molar-refractivity contribution is 5.97. The molecule has 1 unspecified atom stereocenters. The molecule has 0 radical (unpaired) electrons. The van der Waals surface area contributed by atoms with E-state index in [4.69, 9.17) is 0 Å². The molecule has 0 N–H and O–H groups in total. The van der Waals surface area contributed by atoms with E-state index in [1.54, 1.807) is 6.92 Å². The summed E-state index contributed by atoms with van der Waals surface area (Å²) in [5, 5.41) is 0. The van der Waals surface area contributed by atoms with Crippen LogP contribution in [-0.2, 0) is 14.3 Å². The Morgan fingerprint density at radius 1 is 1.55 bits per heavy atom. The molecule has 0 aromatic carbocycles. The highest BCUT2D eigenvalue weighted by Gasteiger charge is 2.43. The standard InChI is InChI=1S/C7H10O3.CH4/c1-3-7(2)4-5(8)10-6(7)9;/h3-4H2,1-2H3;1H4. The van der Waals surface area contributed by atoms with Gasteiger partial charge in [-0.3, -0.25) is 9.59 Å². The molecule has 1 aliphatic heterocycles. The normalized spacial score (nSPS) is 29.6. The molecule has 0 bridgehead atoms. The van der Waals surface area contributed by atoms with Crippen LogP contribution in [0.5, 0.6) is 0 Å². The van der Waals surface area contributed by atoms with Crippen LogP contribution in [0.2, 0.25) is 0 Å². The molecule has 1 atom stereocenters. The Hall–Kier alpha value is -0.860. The van der Waals surface area contributed by atoms with Crippen LogP contribution in [0.25, 0.3) is 0 Å². The minimum absolute atomic E-state index is 0. The average molecular weight is 158 g/mol. The molecule has 1 saturated heterocycles. The number of hydrogen-bond acceptors (Lipinski definition) is 3. The van der Waals surface area contributed by atoms with Gasteiger partial charge in [0.2, 0.25) is 0 Å². The number of hydrogen-bond donors (Lipinski definition) is 0.